The maximum atomic E-state index is 13.4. The zero-order chi connectivity index (χ0) is 18.7. The number of rotatable bonds is 6. The normalized spacial score (nSPS) is 13.1. The molecule has 0 saturated carbocycles. The summed E-state index contributed by atoms with van der Waals surface area (Å²) in [7, 11) is 1.72. The SMILES string of the molecule is Cc1nc(NC[C@@H](NCc2ccccc2)C(F)(F)F)c2cnn(C)c2n1. The molecule has 0 unspecified atom stereocenters. The molecule has 1 atom stereocenters. The summed E-state index contributed by atoms with van der Waals surface area (Å²) in [5.41, 5.74) is 1.36. The standard InChI is InChI=1S/C17H19F3N6/c1-11-24-15(13-9-23-26(2)16(13)25-11)22-10-14(17(18,19)20)21-8-12-6-4-3-5-7-12/h3-7,9,14,21H,8,10H2,1-2H3,(H,22,24,25)/t14-/m1/s1. The molecule has 1 aromatic carbocycles. The van der Waals surface area contributed by atoms with E-state index < -0.39 is 12.2 Å². The number of halogens is 3. The van der Waals surface area contributed by atoms with E-state index in [1.165, 1.54) is 6.20 Å². The molecule has 0 amide bonds. The Hall–Kier alpha value is -2.68. The average molecular weight is 364 g/mol. The fourth-order valence-electron chi connectivity index (χ4n) is 2.61. The molecule has 6 nitrogen and oxygen atoms in total. The van der Waals surface area contributed by atoms with Crippen molar-refractivity contribution in [3.63, 3.8) is 0 Å². The van der Waals surface area contributed by atoms with Gasteiger partial charge in [0.15, 0.2) is 5.65 Å². The summed E-state index contributed by atoms with van der Waals surface area (Å²) < 4.78 is 41.7. The molecule has 0 fully saturated rings. The molecule has 0 radical (unpaired) electrons. The van der Waals surface area contributed by atoms with Crippen molar-refractivity contribution in [2.75, 3.05) is 11.9 Å². The number of alkyl halides is 3. The Bertz CT molecular complexity index is 875. The van der Waals surface area contributed by atoms with Crippen LogP contribution in [-0.4, -0.2) is 38.5 Å². The minimum atomic E-state index is -4.39. The molecule has 9 heteroatoms. The highest BCUT2D eigenvalue weighted by molar-refractivity contribution is 5.86. The second-order valence-corrected chi connectivity index (χ2v) is 5.97. The summed E-state index contributed by atoms with van der Waals surface area (Å²) in [5.74, 6) is 0.806. The molecule has 3 aromatic rings. The van der Waals surface area contributed by atoms with Gasteiger partial charge in [-0.1, -0.05) is 30.3 Å². The van der Waals surface area contributed by atoms with Crippen LogP contribution in [0.3, 0.4) is 0 Å². The zero-order valence-electron chi connectivity index (χ0n) is 14.4. The lowest BCUT2D eigenvalue weighted by molar-refractivity contribution is -0.152. The van der Waals surface area contributed by atoms with E-state index in [1.54, 1.807) is 42.9 Å². The Morgan fingerprint density at radius 3 is 2.58 bits per heavy atom. The smallest absolute Gasteiger partial charge is 0.367 e. The average Bonchev–Trinajstić information content (AvgIpc) is 2.95. The number of nitrogens with one attached hydrogen (secondary N) is 2. The first-order valence-electron chi connectivity index (χ1n) is 8.09. The summed E-state index contributed by atoms with van der Waals surface area (Å²) in [6, 6.07) is 7.25. The highest BCUT2D eigenvalue weighted by Crippen LogP contribution is 2.23. The van der Waals surface area contributed by atoms with E-state index in [9.17, 15) is 13.2 Å². The number of benzene rings is 1. The van der Waals surface area contributed by atoms with Gasteiger partial charge in [0.2, 0.25) is 0 Å². The van der Waals surface area contributed by atoms with Crippen LogP contribution in [0.25, 0.3) is 11.0 Å². The minimum absolute atomic E-state index is 0.123. The van der Waals surface area contributed by atoms with Crippen LogP contribution >= 0.6 is 0 Å². The highest BCUT2D eigenvalue weighted by atomic mass is 19.4. The Morgan fingerprint density at radius 2 is 1.88 bits per heavy atom. The van der Waals surface area contributed by atoms with Gasteiger partial charge >= 0.3 is 6.18 Å². The Labute approximate surface area is 148 Å². The van der Waals surface area contributed by atoms with Crippen molar-refractivity contribution >= 4 is 16.9 Å². The first-order chi connectivity index (χ1) is 12.3. The van der Waals surface area contributed by atoms with Gasteiger partial charge in [0, 0.05) is 20.1 Å². The summed E-state index contributed by atoms with van der Waals surface area (Å²) in [6.45, 7) is 1.46. The van der Waals surface area contributed by atoms with Gasteiger partial charge in [-0.25, -0.2) is 9.97 Å². The molecule has 3 rings (SSSR count). The van der Waals surface area contributed by atoms with Crippen molar-refractivity contribution in [2.24, 2.45) is 7.05 Å². The number of anilines is 1. The maximum Gasteiger partial charge on any atom is 0.405 e. The number of hydrogen-bond donors (Lipinski definition) is 2. The van der Waals surface area contributed by atoms with Crippen LogP contribution in [-0.2, 0) is 13.6 Å². The lowest BCUT2D eigenvalue weighted by atomic mass is 10.2. The maximum absolute atomic E-state index is 13.4. The van der Waals surface area contributed by atoms with E-state index in [2.05, 4.69) is 25.7 Å². The van der Waals surface area contributed by atoms with Gasteiger partial charge in [0.05, 0.1) is 11.6 Å². The lowest BCUT2D eigenvalue weighted by Crippen LogP contribution is -2.46. The van der Waals surface area contributed by atoms with Crippen LogP contribution < -0.4 is 10.6 Å². The fourth-order valence-corrected chi connectivity index (χ4v) is 2.61. The summed E-state index contributed by atoms with van der Waals surface area (Å²) in [4.78, 5) is 8.48. The molecule has 2 N–H and O–H groups in total. The molecular weight excluding hydrogens is 345 g/mol. The van der Waals surface area contributed by atoms with Crippen molar-refractivity contribution in [1.82, 2.24) is 25.1 Å². The van der Waals surface area contributed by atoms with Crippen LogP contribution in [0, 0.1) is 6.92 Å². The highest BCUT2D eigenvalue weighted by Gasteiger charge is 2.39. The number of aryl methyl sites for hydroxylation is 2. The van der Waals surface area contributed by atoms with Crippen LogP contribution in [0.4, 0.5) is 19.0 Å². The Morgan fingerprint density at radius 1 is 1.15 bits per heavy atom. The van der Waals surface area contributed by atoms with Gasteiger partial charge in [-0.3, -0.25) is 4.68 Å². The second kappa shape index (κ2) is 7.28. The van der Waals surface area contributed by atoms with Gasteiger partial charge in [-0.05, 0) is 12.5 Å². The number of fused-ring (bicyclic) bond motifs is 1. The van der Waals surface area contributed by atoms with E-state index in [0.29, 0.717) is 22.7 Å². The van der Waals surface area contributed by atoms with Crippen LogP contribution in [0.5, 0.6) is 0 Å². The van der Waals surface area contributed by atoms with Gasteiger partial charge in [-0.15, -0.1) is 0 Å². The van der Waals surface area contributed by atoms with Crippen molar-refractivity contribution in [2.45, 2.75) is 25.7 Å². The molecule has 0 aliphatic carbocycles. The molecule has 2 aromatic heterocycles. The second-order valence-electron chi connectivity index (χ2n) is 5.97. The van der Waals surface area contributed by atoms with Gasteiger partial charge in [0.25, 0.3) is 0 Å². The summed E-state index contributed by atoms with van der Waals surface area (Å²) >= 11 is 0. The molecule has 26 heavy (non-hydrogen) atoms. The van der Waals surface area contributed by atoms with Crippen LogP contribution in [0.2, 0.25) is 0 Å². The molecule has 0 bridgehead atoms. The molecule has 138 valence electrons. The molecule has 2 heterocycles. The van der Waals surface area contributed by atoms with Gasteiger partial charge in [-0.2, -0.15) is 18.3 Å². The van der Waals surface area contributed by atoms with Gasteiger partial charge in [0.1, 0.15) is 17.7 Å². The van der Waals surface area contributed by atoms with Crippen LogP contribution in [0.1, 0.15) is 11.4 Å². The first kappa shape index (κ1) is 18.1. The Kier molecular flexibility index (Phi) is 5.08. The van der Waals surface area contributed by atoms with Crippen molar-refractivity contribution < 1.29 is 13.2 Å². The van der Waals surface area contributed by atoms with Crippen molar-refractivity contribution in [3.8, 4) is 0 Å². The Balaban J connectivity index is 1.74. The summed E-state index contributed by atoms with van der Waals surface area (Å²) in [5, 5.41) is 10.0. The van der Waals surface area contributed by atoms with E-state index in [0.717, 1.165) is 5.56 Å². The molecule has 0 aliphatic heterocycles. The third-order valence-corrected chi connectivity index (χ3v) is 3.97. The van der Waals surface area contributed by atoms with Crippen LogP contribution in [0.15, 0.2) is 36.5 Å². The third kappa shape index (κ3) is 4.10. The van der Waals surface area contributed by atoms with E-state index in [4.69, 9.17) is 0 Å². The largest absolute Gasteiger partial charge is 0.405 e. The van der Waals surface area contributed by atoms with Crippen molar-refractivity contribution in [1.29, 1.82) is 0 Å². The number of hydrogen-bond acceptors (Lipinski definition) is 5. The van der Waals surface area contributed by atoms with E-state index in [-0.39, 0.29) is 13.1 Å². The minimum Gasteiger partial charge on any atom is -0.367 e. The quantitative estimate of drug-likeness (QED) is 0.704. The predicted octanol–water partition coefficient (Wildman–Crippen LogP) is 2.80. The zero-order valence-corrected chi connectivity index (χ0v) is 14.4. The number of nitrogens with zero attached hydrogens (tertiary/aromatic N) is 4. The van der Waals surface area contributed by atoms with E-state index >= 15 is 0 Å². The molecule has 0 spiro atoms. The van der Waals surface area contributed by atoms with E-state index in [1.807, 2.05) is 6.07 Å². The molecular formula is C17H19F3N6. The summed E-state index contributed by atoms with van der Waals surface area (Å²) in [6.07, 6.45) is -2.85. The van der Waals surface area contributed by atoms with Crippen molar-refractivity contribution in [3.05, 3.63) is 47.9 Å². The fraction of sp³-hybridized carbons (Fsp3) is 0.353. The number of aromatic nitrogens is 4. The molecule has 0 aliphatic rings. The topological polar surface area (TPSA) is 67.7 Å². The van der Waals surface area contributed by atoms with Gasteiger partial charge < -0.3 is 10.6 Å². The lowest BCUT2D eigenvalue weighted by Gasteiger charge is -2.22. The predicted molar refractivity (Wildman–Crippen MR) is 92.7 cm³/mol. The molecule has 0 saturated heterocycles. The monoisotopic (exact) mass is 364 g/mol. The first-order valence-corrected chi connectivity index (χ1v) is 8.09. The third-order valence-electron chi connectivity index (χ3n) is 3.97.